The maximum Gasteiger partial charge on any atom is 0.0715 e. The zero-order valence-corrected chi connectivity index (χ0v) is 18.9. The molecule has 158 valence electrons. The van der Waals surface area contributed by atoms with Crippen LogP contribution >= 0.6 is 0 Å². The predicted octanol–water partition coefficient (Wildman–Crippen LogP) is 5.33. The Bertz CT molecular complexity index is 845. The average Bonchev–Trinajstić information content (AvgIpc) is 3.04. The van der Waals surface area contributed by atoms with Crippen molar-refractivity contribution in [3.63, 3.8) is 0 Å². The molecule has 1 N–H and O–H groups in total. The molecule has 0 aliphatic heterocycles. The summed E-state index contributed by atoms with van der Waals surface area (Å²) in [6, 6.07) is 0. The molecule has 2 fully saturated rings. The lowest BCUT2D eigenvalue weighted by atomic mass is 9.44. The van der Waals surface area contributed by atoms with Crippen LogP contribution in [-0.2, 0) is 11.8 Å². The highest BCUT2D eigenvalue weighted by atomic mass is 16.3. The van der Waals surface area contributed by atoms with Gasteiger partial charge < -0.3 is 5.11 Å². The fraction of sp³-hybridized carbons (Fsp3) is 0.769. The Morgan fingerprint density at radius 1 is 1.07 bits per heavy atom. The number of hydrogen-bond acceptors (Lipinski definition) is 3. The Balaban J connectivity index is 1.54. The van der Waals surface area contributed by atoms with Crippen molar-refractivity contribution in [3.8, 4) is 0 Å². The Labute approximate surface area is 176 Å². The van der Waals surface area contributed by atoms with Gasteiger partial charge in [0.2, 0.25) is 0 Å². The van der Waals surface area contributed by atoms with Gasteiger partial charge in [-0.25, -0.2) is 0 Å². The number of fused-ring (bicyclic) bond motifs is 6. The van der Waals surface area contributed by atoms with Gasteiger partial charge in [-0.05, 0) is 72.5 Å². The minimum atomic E-state index is -0.0219. The van der Waals surface area contributed by atoms with Crippen molar-refractivity contribution < 1.29 is 5.11 Å². The summed E-state index contributed by atoms with van der Waals surface area (Å²) >= 11 is 0. The standard InChI is InChI=1S/C26H38N2O/c1-16(15-29)18-7-8-19-17-6-9-22-24(2,3)23-21(27-12-13-28-23)14-26(22,5)20(17)10-11-25(18,19)4/h9,12-13,16-20,29H,6-8,10-11,14-15H2,1-5H3/t16-,17+,18-,19+,20+,25-,26-/m1/s1. The van der Waals surface area contributed by atoms with Crippen molar-refractivity contribution >= 4 is 0 Å². The van der Waals surface area contributed by atoms with Crippen molar-refractivity contribution in [1.29, 1.82) is 0 Å². The summed E-state index contributed by atoms with van der Waals surface area (Å²) in [4.78, 5) is 9.57. The second kappa shape index (κ2) is 6.39. The highest BCUT2D eigenvalue weighted by Gasteiger charge is 2.61. The Morgan fingerprint density at radius 2 is 1.83 bits per heavy atom. The van der Waals surface area contributed by atoms with Crippen LogP contribution in [0, 0.1) is 40.4 Å². The number of nitrogens with zero attached hydrogens (tertiary/aromatic N) is 2. The third kappa shape index (κ3) is 2.52. The fourth-order valence-electron chi connectivity index (χ4n) is 8.89. The van der Waals surface area contributed by atoms with Crippen LogP contribution in [0.15, 0.2) is 24.0 Å². The Kier molecular flexibility index (Phi) is 4.35. The van der Waals surface area contributed by atoms with E-state index in [-0.39, 0.29) is 10.8 Å². The van der Waals surface area contributed by atoms with E-state index in [0.29, 0.717) is 23.9 Å². The van der Waals surface area contributed by atoms with Gasteiger partial charge in [-0.1, -0.05) is 46.3 Å². The third-order valence-electron chi connectivity index (χ3n) is 10.1. The summed E-state index contributed by atoms with van der Waals surface area (Å²) in [5.41, 5.74) is 4.64. The van der Waals surface area contributed by atoms with Gasteiger partial charge in [0.25, 0.3) is 0 Å². The lowest BCUT2D eigenvalue weighted by Gasteiger charge is -2.60. The highest BCUT2D eigenvalue weighted by molar-refractivity contribution is 5.44. The number of aliphatic hydroxyl groups is 1. The van der Waals surface area contributed by atoms with Crippen LogP contribution in [0.5, 0.6) is 0 Å². The van der Waals surface area contributed by atoms with Gasteiger partial charge in [-0.15, -0.1) is 0 Å². The summed E-state index contributed by atoms with van der Waals surface area (Å²) < 4.78 is 0. The quantitative estimate of drug-likeness (QED) is 0.689. The molecular weight excluding hydrogens is 356 g/mol. The molecule has 4 aliphatic rings. The first-order valence-electron chi connectivity index (χ1n) is 11.9. The molecule has 3 nitrogen and oxygen atoms in total. The lowest BCUT2D eigenvalue weighted by Crippen LogP contribution is -2.54. The van der Waals surface area contributed by atoms with Crippen LogP contribution < -0.4 is 0 Å². The van der Waals surface area contributed by atoms with E-state index in [1.165, 1.54) is 43.5 Å². The van der Waals surface area contributed by atoms with Crippen LogP contribution in [0.1, 0.15) is 78.1 Å². The van der Waals surface area contributed by atoms with Crippen LogP contribution in [0.3, 0.4) is 0 Å². The molecule has 0 spiro atoms. The Morgan fingerprint density at radius 3 is 2.59 bits per heavy atom. The molecule has 7 atom stereocenters. The molecule has 0 aromatic carbocycles. The van der Waals surface area contributed by atoms with Crippen molar-refractivity contribution in [2.75, 3.05) is 6.61 Å². The first kappa shape index (κ1) is 19.7. The van der Waals surface area contributed by atoms with Crippen LogP contribution in [0.2, 0.25) is 0 Å². The van der Waals surface area contributed by atoms with Gasteiger partial charge in [-0.3, -0.25) is 9.97 Å². The maximum absolute atomic E-state index is 9.86. The smallest absolute Gasteiger partial charge is 0.0715 e. The number of hydrogen-bond donors (Lipinski definition) is 1. The first-order chi connectivity index (χ1) is 13.7. The molecule has 0 amide bonds. The second-order valence-electron chi connectivity index (χ2n) is 11.7. The zero-order chi connectivity index (χ0) is 20.6. The molecule has 0 bridgehead atoms. The summed E-state index contributed by atoms with van der Waals surface area (Å²) in [6.45, 7) is 12.4. The topological polar surface area (TPSA) is 46.0 Å². The number of aliphatic hydroxyl groups excluding tert-OH is 1. The van der Waals surface area contributed by atoms with Crippen molar-refractivity contribution in [2.45, 2.75) is 78.6 Å². The molecule has 0 saturated heterocycles. The summed E-state index contributed by atoms with van der Waals surface area (Å²) in [5, 5.41) is 9.86. The van der Waals surface area contributed by atoms with Crippen molar-refractivity contribution in [1.82, 2.24) is 9.97 Å². The van der Waals surface area contributed by atoms with Gasteiger partial charge >= 0.3 is 0 Å². The molecule has 3 heteroatoms. The number of aromatic nitrogens is 2. The molecule has 1 heterocycles. The summed E-state index contributed by atoms with van der Waals surface area (Å²) in [7, 11) is 0. The van der Waals surface area contributed by atoms with Gasteiger partial charge in [0.1, 0.15) is 0 Å². The lowest BCUT2D eigenvalue weighted by molar-refractivity contribution is -0.0521. The molecule has 4 aliphatic carbocycles. The minimum absolute atomic E-state index is 0.0219. The predicted molar refractivity (Wildman–Crippen MR) is 116 cm³/mol. The monoisotopic (exact) mass is 394 g/mol. The van der Waals surface area contributed by atoms with E-state index in [9.17, 15) is 5.11 Å². The fourth-order valence-corrected chi connectivity index (χ4v) is 8.89. The van der Waals surface area contributed by atoms with E-state index in [1.807, 2.05) is 12.4 Å². The molecule has 0 radical (unpaired) electrons. The summed E-state index contributed by atoms with van der Waals surface area (Å²) in [5.74, 6) is 3.46. The van der Waals surface area contributed by atoms with E-state index in [4.69, 9.17) is 9.97 Å². The molecule has 2 saturated carbocycles. The minimum Gasteiger partial charge on any atom is -0.396 e. The van der Waals surface area contributed by atoms with Crippen LogP contribution in [0.4, 0.5) is 0 Å². The number of rotatable bonds is 2. The van der Waals surface area contributed by atoms with Gasteiger partial charge in [0.15, 0.2) is 0 Å². The zero-order valence-electron chi connectivity index (χ0n) is 18.9. The largest absolute Gasteiger partial charge is 0.396 e. The van der Waals surface area contributed by atoms with Crippen molar-refractivity contribution in [3.05, 3.63) is 35.4 Å². The van der Waals surface area contributed by atoms with Gasteiger partial charge in [0.05, 0.1) is 11.4 Å². The third-order valence-corrected chi connectivity index (χ3v) is 10.1. The molecule has 0 unspecified atom stereocenters. The van der Waals surface area contributed by atoms with Gasteiger partial charge in [-0.2, -0.15) is 0 Å². The van der Waals surface area contributed by atoms with E-state index < -0.39 is 0 Å². The Hall–Kier alpha value is -1.22. The molecule has 29 heavy (non-hydrogen) atoms. The van der Waals surface area contributed by atoms with Gasteiger partial charge in [0, 0.05) is 30.8 Å². The highest BCUT2D eigenvalue weighted by Crippen LogP contribution is 2.68. The van der Waals surface area contributed by atoms with Crippen LogP contribution in [0.25, 0.3) is 0 Å². The normalized spacial score (nSPS) is 43.4. The van der Waals surface area contributed by atoms with Crippen LogP contribution in [-0.4, -0.2) is 21.7 Å². The number of allylic oxidation sites excluding steroid dienone is 2. The van der Waals surface area contributed by atoms with E-state index >= 15 is 0 Å². The molecular formula is C26H38N2O. The van der Waals surface area contributed by atoms with Crippen molar-refractivity contribution in [2.24, 2.45) is 40.4 Å². The molecule has 1 aromatic heterocycles. The van der Waals surface area contributed by atoms with E-state index in [1.54, 1.807) is 5.57 Å². The average molecular weight is 395 g/mol. The SMILES string of the molecule is C[C@H](CO)[C@H]1CC[C@H]2[C@@H]3CC=C4C(C)(C)c5nccnc5C[C@]4(C)[C@H]3CC[C@]12C. The second-order valence-corrected chi connectivity index (χ2v) is 11.7. The molecule has 1 aromatic rings. The van der Waals surface area contributed by atoms with E-state index in [0.717, 1.165) is 24.2 Å². The van der Waals surface area contributed by atoms with E-state index in [2.05, 4.69) is 40.7 Å². The molecule has 5 rings (SSSR count). The maximum atomic E-state index is 9.86. The first-order valence-corrected chi connectivity index (χ1v) is 11.9. The summed E-state index contributed by atoms with van der Waals surface area (Å²) in [6.07, 6.45) is 13.9.